The molecule has 0 aromatic carbocycles. The second kappa shape index (κ2) is 5.25. The van der Waals surface area contributed by atoms with Crippen molar-refractivity contribution >= 4 is 0 Å². The van der Waals surface area contributed by atoms with Crippen molar-refractivity contribution in [2.24, 2.45) is 11.7 Å². The lowest BCUT2D eigenvalue weighted by Crippen LogP contribution is -2.53. The Balaban J connectivity index is 1.99. The molecule has 0 saturated carbocycles. The molecule has 0 aromatic heterocycles. The van der Waals surface area contributed by atoms with Crippen LogP contribution in [0, 0.1) is 5.92 Å². The van der Waals surface area contributed by atoms with Crippen molar-refractivity contribution in [3.05, 3.63) is 0 Å². The Morgan fingerprint density at radius 3 is 2.71 bits per heavy atom. The van der Waals surface area contributed by atoms with E-state index in [1.165, 1.54) is 25.8 Å². The minimum absolute atomic E-state index is 0.0539. The number of piperidine rings is 1. The van der Waals surface area contributed by atoms with E-state index < -0.39 is 0 Å². The summed E-state index contributed by atoms with van der Waals surface area (Å²) < 4.78 is 5.82. The summed E-state index contributed by atoms with van der Waals surface area (Å²) in [6.45, 7) is 9.75. The van der Waals surface area contributed by atoms with Crippen molar-refractivity contribution in [3.8, 4) is 0 Å². The van der Waals surface area contributed by atoms with Gasteiger partial charge in [-0.15, -0.1) is 0 Å². The fourth-order valence-corrected chi connectivity index (χ4v) is 3.40. The van der Waals surface area contributed by atoms with E-state index in [0.717, 1.165) is 25.6 Å². The monoisotopic (exact) mass is 240 g/mol. The lowest BCUT2D eigenvalue weighted by molar-refractivity contribution is -0.0948. The molecule has 0 spiro atoms. The van der Waals surface area contributed by atoms with E-state index in [1.807, 2.05) is 0 Å². The quantitative estimate of drug-likeness (QED) is 0.802. The molecule has 2 heterocycles. The molecule has 2 aliphatic heterocycles. The van der Waals surface area contributed by atoms with Crippen LogP contribution in [0.1, 0.15) is 46.5 Å². The summed E-state index contributed by atoms with van der Waals surface area (Å²) in [4.78, 5) is 2.70. The molecule has 3 atom stereocenters. The molecule has 0 aromatic rings. The van der Waals surface area contributed by atoms with Crippen molar-refractivity contribution in [1.82, 2.24) is 4.90 Å². The summed E-state index contributed by atoms with van der Waals surface area (Å²) >= 11 is 0. The molecule has 17 heavy (non-hydrogen) atoms. The first kappa shape index (κ1) is 13.3. The highest BCUT2D eigenvalue weighted by molar-refractivity contribution is 4.90. The highest BCUT2D eigenvalue weighted by Gasteiger charge is 2.36. The van der Waals surface area contributed by atoms with Crippen LogP contribution in [-0.4, -0.2) is 42.3 Å². The van der Waals surface area contributed by atoms with Gasteiger partial charge in [0.1, 0.15) is 0 Å². The fraction of sp³-hybridized carbons (Fsp3) is 1.00. The van der Waals surface area contributed by atoms with Crippen LogP contribution in [0.25, 0.3) is 0 Å². The molecule has 2 N–H and O–H groups in total. The lowest BCUT2D eigenvalue weighted by atomic mass is 9.87. The van der Waals surface area contributed by atoms with Crippen molar-refractivity contribution < 1.29 is 4.74 Å². The van der Waals surface area contributed by atoms with Crippen LogP contribution in [-0.2, 0) is 4.74 Å². The number of ether oxygens (including phenoxy) is 1. The Hall–Kier alpha value is -0.120. The minimum atomic E-state index is 0.0539. The maximum Gasteiger partial charge on any atom is 0.0641 e. The van der Waals surface area contributed by atoms with Crippen LogP contribution in [0.15, 0.2) is 0 Å². The van der Waals surface area contributed by atoms with Crippen LogP contribution in [0.5, 0.6) is 0 Å². The maximum atomic E-state index is 5.84. The van der Waals surface area contributed by atoms with Gasteiger partial charge in [0.15, 0.2) is 0 Å². The first-order valence-electron chi connectivity index (χ1n) is 7.11. The summed E-state index contributed by atoms with van der Waals surface area (Å²) in [5.41, 5.74) is 5.90. The van der Waals surface area contributed by atoms with Crippen LogP contribution in [0.3, 0.4) is 0 Å². The summed E-state index contributed by atoms with van der Waals surface area (Å²) in [5.74, 6) is 0.706. The van der Waals surface area contributed by atoms with Crippen molar-refractivity contribution in [2.45, 2.75) is 64.1 Å². The van der Waals surface area contributed by atoms with Gasteiger partial charge in [-0.2, -0.15) is 0 Å². The number of likely N-dealkylation sites (tertiary alicyclic amines) is 1. The molecule has 0 radical (unpaired) electrons. The molecular formula is C14H28N2O. The Morgan fingerprint density at radius 2 is 2.06 bits per heavy atom. The Kier molecular flexibility index (Phi) is 4.11. The van der Waals surface area contributed by atoms with Gasteiger partial charge in [0, 0.05) is 25.2 Å². The highest BCUT2D eigenvalue weighted by atomic mass is 16.5. The minimum Gasteiger partial charge on any atom is -0.375 e. The zero-order valence-electron chi connectivity index (χ0n) is 11.6. The van der Waals surface area contributed by atoms with Gasteiger partial charge >= 0.3 is 0 Å². The topological polar surface area (TPSA) is 38.5 Å². The third-order valence-corrected chi connectivity index (χ3v) is 4.50. The van der Waals surface area contributed by atoms with Crippen molar-refractivity contribution in [1.29, 1.82) is 0 Å². The standard InChI is InChI=1S/C14H28N2O/c1-11-4-5-12(9-15)10-16(11)13-6-7-17-14(2,3)8-13/h11-13H,4-10,15H2,1-3H3. The highest BCUT2D eigenvalue weighted by Crippen LogP contribution is 2.32. The van der Waals surface area contributed by atoms with E-state index in [1.54, 1.807) is 0 Å². The molecule has 3 heteroatoms. The van der Waals surface area contributed by atoms with Gasteiger partial charge in [-0.25, -0.2) is 0 Å². The molecule has 3 unspecified atom stereocenters. The second-order valence-electron chi connectivity index (χ2n) is 6.48. The Morgan fingerprint density at radius 1 is 1.29 bits per heavy atom. The first-order valence-corrected chi connectivity index (χ1v) is 7.11. The summed E-state index contributed by atoms with van der Waals surface area (Å²) in [7, 11) is 0. The third-order valence-electron chi connectivity index (χ3n) is 4.50. The van der Waals surface area contributed by atoms with Crippen molar-refractivity contribution in [2.75, 3.05) is 19.7 Å². The molecule has 3 nitrogen and oxygen atoms in total. The fourth-order valence-electron chi connectivity index (χ4n) is 3.40. The predicted octanol–water partition coefficient (Wildman–Crippen LogP) is 2.00. The van der Waals surface area contributed by atoms with Crippen LogP contribution in [0.4, 0.5) is 0 Å². The van der Waals surface area contributed by atoms with Gasteiger partial charge < -0.3 is 10.5 Å². The summed E-state index contributed by atoms with van der Waals surface area (Å²) in [5, 5.41) is 0. The average Bonchev–Trinajstić information content (AvgIpc) is 2.28. The maximum absolute atomic E-state index is 5.84. The summed E-state index contributed by atoms with van der Waals surface area (Å²) in [6, 6.07) is 1.42. The predicted molar refractivity (Wildman–Crippen MR) is 71.0 cm³/mol. The largest absolute Gasteiger partial charge is 0.375 e. The molecule has 0 aliphatic carbocycles. The molecule has 0 amide bonds. The van der Waals surface area contributed by atoms with Crippen LogP contribution < -0.4 is 5.73 Å². The molecular weight excluding hydrogens is 212 g/mol. The molecule has 2 fully saturated rings. The number of nitrogens with zero attached hydrogens (tertiary/aromatic N) is 1. The summed E-state index contributed by atoms with van der Waals surface area (Å²) in [6.07, 6.45) is 4.96. The number of rotatable bonds is 2. The molecule has 100 valence electrons. The second-order valence-corrected chi connectivity index (χ2v) is 6.48. The molecule has 2 aliphatic rings. The number of hydrogen-bond donors (Lipinski definition) is 1. The van der Waals surface area contributed by atoms with Gasteiger partial charge in [-0.1, -0.05) is 0 Å². The van der Waals surface area contributed by atoms with E-state index in [2.05, 4.69) is 25.7 Å². The van der Waals surface area contributed by atoms with E-state index in [-0.39, 0.29) is 5.60 Å². The molecule has 2 saturated heterocycles. The Bertz CT molecular complexity index is 255. The van der Waals surface area contributed by atoms with Gasteiger partial charge in [-0.05, 0) is 58.9 Å². The van der Waals surface area contributed by atoms with Gasteiger partial charge in [0.05, 0.1) is 5.60 Å². The number of hydrogen-bond acceptors (Lipinski definition) is 3. The van der Waals surface area contributed by atoms with Gasteiger partial charge in [-0.3, -0.25) is 4.90 Å². The SMILES string of the molecule is CC1CCC(CN)CN1C1CCOC(C)(C)C1. The van der Waals surface area contributed by atoms with Crippen LogP contribution in [0.2, 0.25) is 0 Å². The first-order chi connectivity index (χ1) is 8.02. The Labute approximate surface area is 106 Å². The van der Waals surface area contributed by atoms with Crippen molar-refractivity contribution in [3.63, 3.8) is 0 Å². The van der Waals surface area contributed by atoms with Gasteiger partial charge in [0.25, 0.3) is 0 Å². The zero-order chi connectivity index (χ0) is 12.5. The third kappa shape index (κ3) is 3.21. The normalized spacial score (nSPS) is 39.2. The molecule has 2 rings (SSSR count). The number of nitrogens with two attached hydrogens (primary N) is 1. The van der Waals surface area contributed by atoms with E-state index in [4.69, 9.17) is 10.5 Å². The van der Waals surface area contributed by atoms with Crippen LogP contribution >= 0.6 is 0 Å². The average molecular weight is 240 g/mol. The smallest absolute Gasteiger partial charge is 0.0641 e. The van der Waals surface area contributed by atoms with Gasteiger partial charge in [0.2, 0.25) is 0 Å². The zero-order valence-corrected chi connectivity index (χ0v) is 11.6. The lowest BCUT2D eigenvalue weighted by Gasteiger charge is -2.47. The van der Waals surface area contributed by atoms with E-state index >= 15 is 0 Å². The van der Waals surface area contributed by atoms with E-state index in [9.17, 15) is 0 Å². The van der Waals surface area contributed by atoms with E-state index in [0.29, 0.717) is 12.0 Å². The molecule has 0 bridgehead atoms.